The number of aromatic nitrogens is 3. The second-order valence-corrected chi connectivity index (χ2v) is 5.75. The largest absolute Gasteiger partial charge is 0.490 e. The number of rotatable bonds is 4. The third-order valence-corrected chi connectivity index (χ3v) is 4.22. The summed E-state index contributed by atoms with van der Waals surface area (Å²) in [7, 11) is 1.82. The van der Waals surface area contributed by atoms with Crippen LogP contribution in [0.4, 0.5) is 5.82 Å². The van der Waals surface area contributed by atoms with E-state index in [-0.39, 0.29) is 6.10 Å². The second kappa shape index (κ2) is 5.96. The van der Waals surface area contributed by atoms with Crippen LogP contribution in [-0.4, -0.2) is 28.3 Å². The molecule has 4 rings (SSSR count). The summed E-state index contributed by atoms with van der Waals surface area (Å²) in [5, 5.41) is 7.14. The Morgan fingerprint density at radius 2 is 2.21 bits per heavy atom. The zero-order chi connectivity index (χ0) is 16.5. The maximum absolute atomic E-state index is 5.87. The van der Waals surface area contributed by atoms with Gasteiger partial charge in [0.1, 0.15) is 17.7 Å². The van der Waals surface area contributed by atoms with Crippen LogP contribution in [0.5, 0.6) is 5.75 Å². The van der Waals surface area contributed by atoms with Crippen LogP contribution in [0.2, 0.25) is 0 Å². The highest BCUT2D eigenvalue weighted by atomic mass is 16.5. The van der Waals surface area contributed by atoms with Crippen molar-refractivity contribution in [2.75, 3.05) is 12.4 Å². The standard InChI is InChI=1S/C18H18N4O2/c1-3-13-10-12-9-11(6-7-15(12)23-13)18-21-17(22-24-18)14-5-4-8-20-16(14)19-2/h4-9,13H,3,10H2,1-2H3,(H,19,20). The van der Waals surface area contributed by atoms with Crippen LogP contribution in [0, 0.1) is 0 Å². The Hall–Kier alpha value is -2.89. The lowest BCUT2D eigenvalue weighted by atomic mass is 10.1. The molecule has 1 unspecified atom stereocenters. The lowest BCUT2D eigenvalue weighted by Crippen LogP contribution is -2.10. The molecule has 0 bridgehead atoms. The van der Waals surface area contributed by atoms with Crippen molar-refractivity contribution in [2.45, 2.75) is 25.9 Å². The van der Waals surface area contributed by atoms with Crippen LogP contribution in [0.1, 0.15) is 18.9 Å². The Kier molecular flexibility index (Phi) is 3.65. The summed E-state index contributed by atoms with van der Waals surface area (Å²) in [6.07, 6.45) is 3.92. The molecule has 122 valence electrons. The van der Waals surface area contributed by atoms with E-state index >= 15 is 0 Å². The lowest BCUT2D eigenvalue weighted by molar-refractivity contribution is 0.228. The van der Waals surface area contributed by atoms with Gasteiger partial charge in [0.05, 0.1) is 5.56 Å². The molecule has 0 saturated heterocycles. The fraction of sp³-hybridized carbons (Fsp3) is 0.278. The first-order valence-electron chi connectivity index (χ1n) is 8.05. The van der Waals surface area contributed by atoms with Crippen molar-refractivity contribution in [3.05, 3.63) is 42.1 Å². The Morgan fingerprint density at radius 3 is 3.04 bits per heavy atom. The summed E-state index contributed by atoms with van der Waals surface area (Å²) in [5.41, 5.74) is 2.91. The van der Waals surface area contributed by atoms with Gasteiger partial charge in [-0.05, 0) is 42.3 Å². The van der Waals surface area contributed by atoms with Gasteiger partial charge >= 0.3 is 0 Å². The number of ether oxygens (including phenoxy) is 1. The minimum absolute atomic E-state index is 0.266. The topological polar surface area (TPSA) is 73.1 Å². The van der Waals surface area contributed by atoms with Crippen LogP contribution in [0.3, 0.4) is 0 Å². The molecule has 0 amide bonds. The summed E-state index contributed by atoms with van der Waals surface area (Å²) in [6, 6.07) is 9.77. The van der Waals surface area contributed by atoms with Crippen LogP contribution >= 0.6 is 0 Å². The van der Waals surface area contributed by atoms with Crippen LogP contribution in [0.25, 0.3) is 22.8 Å². The molecule has 6 nitrogen and oxygen atoms in total. The van der Waals surface area contributed by atoms with Gasteiger partial charge in [-0.1, -0.05) is 12.1 Å². The molecule has 6 heteroatoms. The minimum Gasteiger partial charge on any atom is -0.490 e. The van der Waals surface area contributed by atoms with Crippen molar-refractivity contribution in [3.8, 4) is 28.6 Å². The number of benzene rings is 1. The summed E-state index contributed by atoms with van der Waals surface area (Å²) >= 11 is 0. The summed E-state index contributed by atoms with van der Waals surface area (Å²) in [4.78, 5) is 8.80. The third kappa shape index (κ3) is 2.50. The Balaban J connectivity index is 1.67. The molecule has 2 aromatic heterocycles. The number of hydrogen-bond donors (Lipinski definition) is 1. The zero-order valence-electron chi connectivity index (χ0n) is 13.6. The fourth-order valence-corrected chi connectivity index (χ4v) is 2.92. The van der Waals surface area contributed by atoms with Gasteiger partial charge in [-0.3, -0.25) is 0 Å². The summed E-state index contributed by atoms with van der Waals surface area (Å²) in [6.45, 7) is 2.13. The predicted octanol–water partition coefficient (Wildman–Crippen LogP) is 3.55. The molecule has 1 N–H and O–H groups in total. The molecule has 1 atom stereocenters. The van der Waals surface area contributed by atoms with Gasteiger partial charge in [-0.25, -0.2) is 4.98 Å². The van der Waals surface area contributed by atoms with Crippen molar-refractivity contribution in [2.24, 2.45) is 0 Å². The van der Waals surface area contributed by atoms with E-state index < -0.39 is 0 Å². The molecule has 1 aliphatic heterocycles. The maximum Gasteiger partial charge on any atom is 0.258 e. The first-order chi connectivity index (χ1) is 11.8. The van der Waals surface area contributed by atoms with Crippen LogP contribution in [-0.2, 0) is 6.42 Å². The normalized spacial score (nSPS) is 15.8. The van der Waals surface area contributed by atoms with Gasteiger partial charge in [-0.15, -0.1) is 0 Å². The molecule has 0 spiro atoms. The first-order valence-corrected chi connectivity index (χ1v) is 8.05. The molecular weight excluding hydrogens is 304 g/mol. The average Bonchev–Trinajstić information content (AvgIpc) is 3.27. The van der Waals surface area contributed by atoms with E-state index in [0.717, 1.165) is 35.5 Å². The van der Waals surface area contributed by atoms with E-state index in [1.807, 2.05) is 31.3 Å². The van der Waals surface area contributed by atoms with E-state index in [1.54, 1.807) is 6.20 Å². The highest BCUT2D eigenvalue weighted by Gasteiger charge is 2.23. The number of nitrogens with zero attached hydrogens (tertiary/aromatic N) is 3. The zero-order valence-corrected chi connectivity index (χ0v) is 13.6. The third-order valence-electron chi connectivity index (χ3n) is 4.22. The van der Waals surface area contributed by atoms with Crippen molar-refractivity contribution in [3.63, 3.8) is 0 Å². The molecule has 3 heterocycles. The molecule has 0 aliphatic carbocycles. The monoisotopic (exact) mass is 322 g/mol. The van der Waals surface area contributed by atoms with E-state index in [4.69, 9.17) is 9.26 Å². The molecule has 0 radical (unpaired) electrons. The Morgan fingerprint density at radius 1 is 1.29 bits per heavy atom. The van der Waals surface area contributed by atoms with Crippen molar-refractivity contribution in [1.82, 2.24) is 15.1 Å². The van der Waals surface area contributed by atoms with Gasteiger partial charge in [0.15, 0.2) is 0 Å². The Bertz CT molecular complexity index is 875. The maximum atomic E-state index is 5.87. The van der Waals surface area contributed by atoms with Crippen molar-refractivity contribution >= 4 is 5.82 Å². The highest BCUT2D eigenvalue weighted by molar-refractivity contribution is 5.70. The van der Waals surface area contributed by atoms with E-state index in [0.29, 0.717) is 11.7 Å². The van der Waals surface area contributed by atoms with Gasteiger partial charge in [0, 0.05) is 25.2 Å². The first kappa shape index (κ1) is 14.7. The quantitative estimate of drug-likeness (QED) is 0.792. The molecule has 1 aliphatic rings. The molecule has 24 heavy (non-hydrogen) atoms. The van der Waals surface area contributed by atoms with Crippen molar-refractivity contribution < 1.29 is 9.26 Å². The van der Waals surface area contributed by atoms with Gasteiger partial charge in [0.2, 0.25) is 5.82 Å². The number of hydrogen-bond acceptors (Lipinski definition) is 6. The van der Waals surface area contributed by atoms with Crippen LogP contribution < -0.4 is 10.1 Å². The fourth-order valence-electron chi connectivity index (χ4n) is 2.92. The molecule has 0 saturated carbocycles. The molecule has 3 aromatic rings. The Labute approximate surface area is 139 Å². The lowest BCUT2D eigenvalue weighted by Gasteiger charge is -2.05. The van der Waals surface area contributed by atoms with E-state index in [1.165, 1.54) is 5.56 Å². The van der Waals surface area contributed by atoms with Gasteiger partial charge in [-0.2, -0.15) is 4.98 Å². The van der Waals surface area contributed by atoms with Crippen molar-refractivity contribution in [1.29, 1.82) is 0 Å². The van der Waals surface area contributed by atoms with E-state index in [9.17, 15) is 0 Å². The highest BCUT2D eigenvalue weighted by Crippen LogP contribution is 2.34. The summed E-state index contributed by atoms with van der Waals surface area (Å²) < 4.78 is 11.3. The van der Waals surface area contributed by atoms with Gasteiger partial charge < -0.3 is 14.6 Å². The van der Waals surface area contributed by atoms with Gasteiger partial charge in [0.25, 0.3) is 5.89 Å². The minimum atomic E-state index is 0.266. The summed E-state index contributed by atoms with van der Waals surface area (Å²) in [5.74, 6) is 2.69. The average molecular weight is 322 g/mol. The molecule has 1 aromatic carbocycles. The van der Waals surface area contributed by atoms with Crippen LogP contribution in [0.15, 0.2) is 41.1 Å². The van der Waals surface area contributed by atoms with E-state index in [2.05, 4.69) is 33.4 Å². The number of fused-ring (bicyclic) bond motifs is 1. The molecule has 0 fully saturated rings. The number of pyridine rings is 1. The SMILES string of the molecule is CCC1Cc2cc(-c3nc(-c4cccnc4NC)no3)ccc2O1. The molecular formula is C18H18N4O2. The second-order valence-electron chi connectivity index (χ2n) is 5.75. The number of anilines is 1. The predicted molar refractivity (Wildman–Crippen MR) is 90.9 cm³/mol. The smallest absolute Gasteiger partial charge is 0.258 e. The number of nitrogens with one attached hydrogen (secondary N) is 1.